The SMILES string of the molecule is CSCC[C@H](NC(=O)[C@H](CS)NC(=O)[C@H](CCC(=O)O)NC(=O)[C@H](CC(C)C)NC(=O)[C@H](CC(N)=O)NC(=O)[C@H](CO)NC(=O)[C@@H](NC(=O)[C@H](CCSC)NC(=O)[C@@H](N)CCC(N)=O)[C@@H](C)O)C(=O)O. The number of aliphatic carboxylic acids is 2. The number of aliphatic hydroxyl groups is 2. The second-order valence-corrected chi connectivity index (χ2v) is 18.6. The molecule has 0 radical (unpaired) electrons. The average molecular weight is 1060 g/mol. The Hall–Kier alpha value is -5.43. The molecule has 18 N–H and O–H groups in total. The summed E-state index contributed by atoms with van der Waals surface area (Å²) in [5.41, 5.74) is 16.3. The number of thioether (sulfide) groups is 2. The summed E-state index contributed by atoms with van der Waals surface area (Å²) in [5, 5.41) is 57.8. The van der Waals surface area contributed by atoms with Crippen LogP contribution in [0.4, 0.5) is 0 Å². The number of carboxylic acids is 2. The molecule has 0 aromatic carbocycles. The van der Waals surface area contributed by atoms with Crippen molar-refractivity contribution in [3.8, 4) is 0 Å². The van der Waals surface area contributed by atoms with Gasteiger partial charge in [0.15, 0.2) is 0 Å². The number of hydrogen-bond acceptors (Lipinski definition) is 18. The van der Waals surface area contributed by atoms with Crippen LogP contribution in [0.3, 0.4) is 0 Å². The van der Waals surface area contributed by atoms with Crippen molar-refractivity contribution in [2.24, 2.45) is 23.1 Å². The third-order valence-corrected chi connectivity index (χ3v) is 11.5. The summed E-state index contributed by atoms with van der Waals surface area (Å²) in [4.78, 5) is 153. The maximum Gasteiger partial charge on any atom is 0.326 e. The molecular formula is C40H69N11O16S3. The summed E-state index contributed by atoms with van der Waals surface area (Å²) < 4.78 is 0. The van der Waals surface area contributed by atoms with E-state index in [-0.39, 0.29) is 43.8 Å². The fourth-order valence-electron chi connectivity index (χ4n) is 6.03. The third kappa shape index (κ3) is 25.4. The van der Waals surface area contributed by atoms with Crippen molar-refractivity contribution in [2.75, 3.05) is 36.4 Å². The van der Waals surface area contributed by atoms with Gasteiger partial charge in [0.25, 0.3) is 0 Å². The van der Waals surface area contributed by atoms with Gasteiger partial charge in [-0.15, -0.1) is 0 Å². The van der Waals surface area contributed by atoms with Crippen LogP contribution in [0.5, 0.6) is 0 Å². The predicted octanol–water partition coefficient (Wildman–Crippen LogP) is -5.86. The highest BCUT2D eigenvalue weighted by Crippen LogP contribution is 2.10. The molecule has 27 nitrogen and oxygen atoms in total. The normalized spacial score (nSPS) is 15.3. The van der Waals surface area contributed by atoms with E-state index in [4.69, 9.17) is 17.2 Å². The van der Waals surface area contributed by atoms with Crippen LogP contribution in [-0.4, -0.2) is 188 Å². The molecule has 0 unspecified atom stereocenters. The molecule has 398 valence electrons. The maximum atomic E-state index is 13.8. The molecule has 0 fully saturated rings. The summed E-state index contributed by atoms with van der Waals surface area (Å²) in [5.74, 6) is -13.1. The van der Waals surface area contributed by atoms with Gasteiger partial charge in [0.1, 0.15) is 48.3 Å². The van der Waals surface area contributed by atoms with Gasteiger partial charge in [0.2, 0.25) is 59.1 Å². The molecular weight excluding hydrogens is 987 g/mol. The van der Waals surface area contributed by atoms with E-state index in [0.29, 0.717) is 11.5 Å². The minimum absolute atomic E-state index is 0.0222. The molecule has 0 aliphatic rings. The second kappa shape index (κ2) is 34.0. The molecule has 10 amide bonds. The van der Waals surface area contributed by atoms with Gasteiger partial charge in [-0.05, 0) is 69.0 Å². The largest absolute Gasteiger partial charge is 0.481 e. The first-order valence-electron chi connectivity index (χ1n) is 21.8. The monoisotopic (exact) mass is 1060 g/mol. The van der Waals surface area contributed by atoms with Gasteiger partial charge in [-0.2, -0.15) is 36.2 Å². The molecule has 0 spiro atoms. The number of rotatable bonds is 36. The summed E-state index contributed by atoms with van der Waals surface area (Å²) in [6, 6.07) is -14.1. The quantitative estimate of drug-likeness (QED) is 0.0260. The van der Waals surface area contributed by atoms with E-state index in [2.05, 4.69) is 55.2 Å². The lowest BCUT2D eigenvalue weighted by Gasteiger charge is -2.28. The fourth-order valence-corrected chi connectivity index (χ4v) is 7.23. The lowest BCUT2D eigenvalue weighted by atomic mass is 10.0. The Labute approximate surface area is 418 Å². The summed E-state index contributed by atoms with van der Waals surface area (Å²) >= 11 is 6.71. The van der Waals surface area contributed by atoms with E-state index in [1.807, 2.05) is 0 Å². The topological polar surface area (TPSA) is 460 Å². The molecule has 0 saturated heterocycles. The molecule has 70 heavy (non-hydrogen) atoms. The smallest absolute Gasteiger partial charge is 0.326 e. The van der Waals surface area contributed by atoms with Crippen molar-refractivity contribution in [1.29, 1.82) is 0 Å². The van der Waals surface area contributed by atoms with Crippen LogP contribution in [-0.2, 0) is 57.5 Å². The van der Waals surface area contributed by atoms with E-state index in [9.17, 15) is 78.0 Å². The van der Waals surface area contributed by atoms with Crippen molar-refractivity contribution in [3.05, 3.63) is 0 Å². The molecule has 0 aliphatic heterocycles. The number of amides is 10. The number of hydrogen-bond donors (Lipinski definition) is 16. The van der Waals surface area contributed by atoms with Gasteiger partial charge in [-0.3, -0.25) is 52.7 Å². The van der Waals surface area contributed by atoms with Crippen LogP contribution in [0.25, 0.3) is 0 Å². The van der Waals surface area contributed by atoms with Crippen LogP contribution in [0.1, 0.15) is 72.1 Å². The molecule has 0 saturated carbocycles. The highest BCUT2D eigenvalue weighted by atomic mass is 32.2. The molecule has 0 rings (SSSR count). The molecule has 0 aromatic heterocycles. The standard InChI is InChI=1S/C40H69N11O16S3/c1-18(2)14-24(35(61)45-21(7-9-30(56)57)33(59)50-27(17-68)38(64)46-23(40(66)67)11-13-70-5)47-36(62)25(15-29(43)55)48-37(63)26(16-52)49-39(65)31(19(3)53)51-34(60)22(10-12-69-4)44-32(58)20(41)6-8-28(42)54/h18-27,31,52-53,68H,6-17,41H2,1-5H3,(H2,42,54)(H2,43,55)(H,44,58)(H,45,61)(H,46,64)(H,47,62)(H,48,63)(H,49,65)(H,50,59)(H,51,60)(H,56,57)(H,66,67)/t19-,20+,21+,22+,23+,24+,25+,26+,27+,31+/m1/s1. The van der Waals surface area contributed by atoms with E-state index < -0.39 is 157 Å². The Morgan fingerprint density at radius 2 is 0.957 bits per heavy atom. The third-order valence-electron chi connectivity index (χ3n) is 9.86. The van der Waals surface area contributed by atoms with E-state index >= 15 is 0 Å². The van der Waals surface area contributed by atoms with Gasteiger partial charge in [0, 0.05) is 18.6 Å². The van der Waals surface area contributed by atoms with Gasteiger partial charge in [-0.1, -0.05) is 13.8 Å². The van der Waals surface area contributed by atoms with Gasteiger partial charge in [0.05, 0.1) is 25.2 Å². The molecule has 0 bridgehead atoms. The van der Waals surface area contributed by atoms with Gasteiger partial charge in [-0.25, -0.2) is 4.79 Å². The van der Waals surface area contributed by atoms with Gasteiger partial charge >= 0.3 is 11.9 Å². The van der Waals surface area contributed by atoms with Crippen molar-refractivity contribution in [3.63, 3.8) is 0 Å². The van der Waals surface area contributed by atoms with Crippen LogP contribution in [0.2, 0.25) is 0 Å². The highest BCUT2D eigenvalue weighted by Gasteiger charge is 2.36. The summed E-state index contributed by atoms with van der Waals surface area (Å²) in [6.07, 6.45) is -0.729. The minimum Gasteiger partial charge on any atom is -0.481 e. The summed E-state index contributed by atoms with van der Waals surface area (Å²) in [7, 11) is 0. The second-order valence-electron chi connectivity index (χ2n) is 16.3. The maximum absolute atomic E-state index is 13.8. The van der Waals surface area contributed by atoms with Gasteiger partial charge < -0.3 is 80.2 Å². The number of aliphatic hydroxyl groups excluding tert-OH is 2. The minimum atomic E-state index is -1.92. The van der Waals surface area contributed by atoms with Crippen molar-refractivity contribution in [2.45, 2.75) is 133 Å². The predicted molar refractivity (Wildman–Crippen MR) is 258 cm³/mol. The number of nitrogens with one attached hydrogen (secondary N) is 8. The van der Waals surface area contributed by atoms with Crippen LogP contribution >= 0.6 is 36.2 Å². The van der Waals surface area contributed by atoms with E-state index in [1.54, 1.807) is 26.4 Å². The van der Waals surface area contributed by atoms with Crippen LogP contribution < -0.4 is 59.7 Å². The number of carbonyl (C=O) groups excluding carboxylic acids is 10. The first-order chi connectivity index (χ1) is 32.7. The number of thiol groups is 1. The summed E-state index contributed by atoms with van der Waals surface area (Å²) in [6.45, 7) is 3.25. The number of nitrogens with two attached hydrogens (primary N) is 3. The van der Waals surface area contributed by atoms with Crippen molar-refractivity contribution in [1.82, 2.24) is 42.5 Å². The Kier molecular flexibility index (Phi) is 31.4. The Bertz CT molecular complexity index is 1830. The average Bonchev–Trinajstić information content (AvgIpc) is 3.27. The molecule has 0 aromatic rings. The lowest BCUT2D eigenvalue weighted by molar-refractivity contribution is -0.142. The molecule has 30 heteroatoms. The Balaban J connectivity index is 6.36. The molecule has 0 heterocycles. The number of carboxylic acid groups (broad SMARTS) is 2. The molecule has 0 aliphatic carbocycles. The van der Waals surface area contributed by atoms with E-state index in [0.717, 1.165) is 6.92 Å². The van der Waals surface area contributed by atoms with Crippen LogP contribution in [0.15, 0.2) is 0 Å². The zero-order valence-corrected chi connectivity index (χ0v) is 42.0. The van der Waals surface area contributed by atoms with E-state index in [1.165, 1.54) is 23.5 Å². The Morgan fingerprint density at radius 3 is 1.44 bits per heavy atom. The first-order valence-corrected chi connectivity index (χ1v) is 25.2. The van der Waals surface area contributed by atoms with Crippen LogP contribution in [0, 0.1) is 5.92 Å². The zero-order valence-electron chi connectivity index (χ0n) is 39.5. The molecule has 10 atom stereocenters. The number of carbonyl (C=O) groups is 12. The Morgan fingerprint density at radius 1 is 0.529 bits per heavy atom. The highest BCUT2D eigenvalue weighted by molar-refractivity contribution is 7.98. The van der Waals surface area contributed by atoms with Crippen molar-refractivity contribution >= 4 is 107 Å². The van der Waals surface area contributed by atoms with Crippen molar-refractivity contribution < 1.29 is 78.0 Å². The zero-order chi connectivity index (χ0) is 53.8. The first kappa shape index (κ1) is 64.6. The fraction of sp³-hybridized carbons (Fsp3) is 0.700. The lowest BCUT2D eigenvalue weighted by Crippen LogP contribution is -2.62. The number of primary amides is 2.